The van der Waals surface area contributed by atoms with Crippen molar-refractivity contribution >= 4 is 16.8 Å². The van der Waals surface area contributed by atoms with E-state index in [0.29, 0.717) is 23.3 Å². The molecule has 0 atom stereocenters. The van der Waals surface area contributed by atoms with Crippen molar-refractivity contribution in [3.63, 3.8) is 0 Å². The van der Waals surface area contributed by atoms with Gasteiger partial charge in [-0.2, -0.15) is 0 Å². The van der Waals surface area contributed by atoms with Gasteiger partial charge in [0.05, 0.1) is 17.3 Å². The van der Waals surface area contributed by atoms with E-state index in [9.17, 15) is 27.2 Å². The summed E-state index contributed by atoms with van der Waals surface area (Å²) < 4.78 is 55.1. The van der Waals surface area contributed by atoms with Crippen LogP contribution in [0.15, 0.2) is 47.3 Å². The molecule has 0 aliphatic heterocycles. The standard InChI is InChI=1S/C21H19F4N3O3/c1-12(2)9-18-26-17-8-5-14(22)11-16(17)20(30)28(18)27-19(29)10-13-3-6-15(7-4-13)31-21(23,24)25/h3-8,11-12H,9-10H2,1-2H3,(H,27,29). The van der Waals surface area contributed by atoms with Crippen molar-refractivity contribution in [3.05, 3.63) is 70.0 Å². The van der Waals surface area contributed by atoms with Crippen LogP contribution in [0.5, 0.6) is 5.75 Å². The van der Waals surface area contributed by atoms with Crippen LogP contribution < -0.4 is 15.7 Å². The molecule has 0 aliphatic rings. The Morgan fingerprint density at radius 2 is 1.84 bits per heavy atom. The van der Waals surface area contributed by atoms with Gasteiger partial charge in [0.2, 0.25) is 5.91 Å². The fraction of sp³-hybridized carbons (Fsp3) is 0.286. The Morgan fingerprint density at radius 1 is 1.16 bits per heavy atom. The lowest BCUT2D eigenvalue weighted by Crippen LogP contribution is -2.37. The molecular weight excluding hydrogens is 418 g/mol. The first kappa shape index (κ1) is 22.3. The zero-order valence-corrected chi connectivity index (χ0v) is 16.7. The van der Waals surface area contributed by atoms with Crippen molar-refractivity contribution in [3.8, 4) is 5.75 Å². The number of nitrogens with one attached hydrogen (secondary N) is 1. The summed E-state index contributed by atoms with van der Waals surface area (Å²) in [6, 6.07) is 8.44. The van der Waals surface area contributed by atoms with Crippen LogP contribution >= 0.6 is 0 Å². The predicted molar refractivity (Wildman–Crippen MR) is 106 cm³/mol. The number of aromatic nitrogens is 2. The smallest absolute Gasteiger partial charge is 0.406 e. The Kier molecular flexibility index (Phi) is 6.28. The first-order valence-corrected chi connectivity index (χ1v) is 9.37. The number of hydrogen-bond donors (Lipinski definition) is 1. The minimum absolute atomic E-state index is 0.0152. The van der Waals surface area contributed by atoms with E-state index >= 15 is 0 Å². The minimum atomic E-state index is -4.81. The Morgan fingerprint density at radius 3 is 2.45 bits per heavy atom. The second-order valence-electron chi connectivity index (χ2n) is 7.33. The van der Waals surface area contributed by atoms with Crippen LogP contribution in [0.25, 0.3) is 10.9 Å². The summed E-state index contributed by atoms with van der Waals surface area (Å²) in [6.45, 7) is 3.83. The highest BCUT2D eigenvalue weighted by Crippen LogP contribution is 2.23. The molecule has 164 valence electrons. The molecular formula is C21H19F4N3O3. The largest absolute Gasteiger partial charge is 0.573 e. The second-order valence-corrected chi connectivity index (χ2v) is 7.33. The zero-order valence-electron chi connectivity index (χ0n) is 16.7. The highest BCUT2D eigenvalue weighted by atomic mass is 19.4. The zero-order chi connectivity index (χ0) is 22.8. The van der Waals surface area contributed by atoms with Gasteiger partial charge in [-0.3, -0.25) is 15.0 Å². The first-order valence-electron chi connectivity index (χ1n) is 9.37. The predicted octanol–water partition coefficient (Wildman–Crippen LogP) is 3.95. The Labute approximate surface area is 174 Å². The monoisotopic (exact) mass is 437 g/mol. The van der Waals surface area contributed by atoms with Gasteiger partial charge in [-0.05, 0) is 41.8 Å². The topological polar surface area (TPSA) is 73.2 Å². The number of amides is 1. The first-order chi connectivity index (χ1) is 14.5. The van der Waals surface area contributed by atoms with Crippen molar-refractivity contribution in [1.82, 2.24) is 9.66 Å². The molecule has 1 amide bonds. The van der Waals surface area contributed by atoms with Gasteiger partial charge >= 0.3 is 6.36 Å². The van der Waals surface area contributed by atoms with Crippen molar-refractivity contribution in [2.24, 2.45) is 5.92 Å². The van der Waals surface area contributed by atoms with Crippen LogP contribution in [0.3, 0.4) is 0 Å². The Bertz CT molecular complexity index is 1160. The van der Waals surface area contributed by atoms with Gasteiger partial charge < -0.3 is 4.74 Å². The van der Waals surface area contributed by atoms with Crippen molar-refractivity contribution < 1.29 is 27.1 Å². The summed E-state index contributed by atoms with van der Waals surface area (Å²) in [5.41, 5.74) is 2.56. The summed E-state index contributed by atoms with van der Waals surface area (Å²) in [5.74, 6) is -1.18. The number of nitrogens with zero attached hydrogens (tertiary/aromatic N) is 2. The number of carbonyl (C=O) groups is 1. The molecule has 0 aliphatic carbocycles. The molecule has 3 aromatic rings. The maximum absolute atomic E-state index is 13.6. The van der Waals surface area contributed by atoms with Crippen molar-refractivity contribution in [2.45, 2.75) is 33.1 Å². The van der Waals surface area contributed by atoms with Gasteiger partial charge in [0, 0.05) is 6.42 Å². The van der Waals surface area contributed by atoms with Gasteiger partial charge in [0.1, 0.15) is 17.4 Å². The second kappa shape index (κ2) is 8.75. The fourth-order valence-electron chi connectivity index (χ4n) is 2.98. The molecule has 0 fully saturated rings. The highest BCUT2D eigenvalue weighted by molar-refractivity contribution is 5.86. The summed E-state index contributed by atoms with van der Waals surface area (Å²) in [6.07, 6.45) is -4.64. The highest BCUT2D eigenvalue weighted by Gasteiger charge is 2.31. The molecule has 31 heavy (non-hydrogen) atoms. The van der Waals surface area contributed by atoms with Gasteiger partial charge in [0.25, 0.3) is 5.56 Å². The minimum Gasteiger partial charge on any atom is -0.406 e. The molecule has 0 saturated carbocycles. The number of halogens is 4. The van der Waals surface area contributed by atoms with Crippen molar-refractivity contribution in [2.75, 3.05) is 5.43 Å². The number of benzene rings is 2. The van der Waals surface area contributed by atoms with E-state index in [0.717, 1.165) is 22.9 Å². The number of rotatable bonds is 6. The maximum Gasteiger partial charge on any atom is 0.573 e. The van der Waals surface area contributed by atoms with Gasteiger partial charge in [-0.25, -0.2) is 14.1 Å². The fourth-order valence-corrected chi connectivity index (χ4v) is 2.98. The quantitative estimate of drug-likeness (QED) is 0.593. The molecule has 6 nitrogen and oxygen atoms in total. The molecule has 0 saturated heterocycles. The SMILES string of the molecule is CC(C)Cc1nc2ccc(F)cc2c(=O)n1NC(=O)Cc1ccc(OC(F)(F)F)cc1. The lowest BCUT2D eigenvalue weighted by atomic mass is 10.1. The van der Waals surface area contributed by atoms with E-state index in [1.54, 1.807) is 0 Å². The van der Waals surface area contributed by atoms with E-state index in [1.807, 2.05) is 13.8 Å². The lowest BCUT2D eigenvalue weighted by Gasteiger charge is -2.16. The molecule has 0 unspecified atom stereocenters. The van der Waals surface area contributed by atoms with Gasteiger partial charge in [0.15, 0.2) is 0 Å². The van der Waals surface area contributed by atoms with Gasteiger partial charge in [-0.1, -0.05) is 26.0 Å². The molecule has 0 radical (unpaired) electrons. The van der Waals surface area contributed by atoms with Crippen LogP contribution in [0.2, 0.25) is 0 Å². The lowest BCUT2D eigenvalue weighted by molar-refractivity contribution is -0.274. The normalized spacial score (nSPS) is 11.7. The third-order valence-electron chi connectivity index (χ3n) is 4.25. The summed E-state index contributed by atoms with van der Waals surface area (Å²) in [7, 11) is 0. The number of carbonyl (C=O) groups excluding carboxylic acids is 1. The molecule has 2 aromatic carbocycles. The Balaban J connectivity index is 1.85. The third kappa shape index (κ3) is 5.80. The van der Waals surface area contributed by atoms with Crippen LogP contribution in [-0.2, 0) is 17.6 Å². The van der Waals surface area contributed by atoms with E-state index in [1.165, 1.54) is 24.3 Å². The van der Waals surface area contributed by atoms with E-state index in [4.69, 9.17) is 0 Å². The van der Waals surface area contributed by atoms with Crippen molar-refractivity contribution in [1.29, 1.82) is 0 Å². The Hall–Kier alpha value is -3.43. The summed E-state index contributed by atoms with van der Waals surface area (Å²) in [4.78, 5) is 29.8. The van der Waals surface area contributed by atoms with Crippen LogP contribution in [0.1, 0.15) is 25.2 Å². The molecule has 10 heteroatoms. The van der Waals surface area contributed by atoms with Crippen LogP contribution in [0, 0.1) is 11.7 Å². The number of alkyl halides is 3. The molecule has 0 bridgehead atoms. The molecule has 3 rings (SSSR count). The van der Waals surface area contributed by atoms with E-state index in [2.05, 4.69) is 15.1 Å². The molecule has 1 heterocycles. The van der Waals surface area contributed by atoms with E-state index in [-0.39, 0.29) is 17.7 Å². The molecule has 0 spiro atoms. The average molecular weight is 437 g/mol. The number of hydrogen-bond acceptors (Lipinski definition) is 4. The van der Waals surface area contributed by atoms with E-state index < -0.39 is 29.4 Å². The van der Waals surface area contributed by atoms with Crippen LogP contribution in [0.4, 0.5) is 17.6 Å². The maximum atomic E-state index is 13.6. The summed E-state index contributed by atoms with van der Waals surface area (Å²) in [5, 5.41) is 0.0152. The molecule has 1 N–H and O–H groups in total. The van der Waals surface area contributed by atoms with Gasteiger partial charge in [-0.15, -0.1) is 13.2 Å². The summed E-state index contributed by atoms with van der Waals surface area (Å²) >= 11 is 0. The number of ether oxygens (including phenoxy) is 1. The average Bonchev–Trinajstić information content (AvgIpc) is 2.65. The molecule has 1 aromatic heterocycles. The number of fused-ring (bicyclic) bond motifs is 1. The third-order valence-corrected chi connectivity index (χ3v) is 4.25. The van der Waals surface area contributed by atoms with Crippen LogP contribution in [-0.4, -0.2) is 21.9 Å².